The summed E-state index contributed by atoms with van der Waals surface area (Å²) >= 11 is 1.63. The number of anilines is 2. The van der Waals surface area contributed by atoms with Crippen LogP contribution in [-0.4, -0.2) is 28.9 Å². The highest BCUT2D eigenvalue weighted by molar-refractivity contribution is 7.22. The molecule has 0 amide bonds. The molecule has 6 heteroatoms. The minimum absolute atomic E-state index is 0.820. The Kier molecular flexibility index (Phi) is 3.23. The van der Waals surface area contributed by atoms with Crippen molar-refractivity contribution in [3.05, 3.63) is 47.7 Å². The lowest BCUT2D eigenvalue weighted by molar-refractivity contribution is 0.960. The summed E-state index contributed by atoms with van der Waals surface area (Å²) in [7, 11) is 0. The van der Waals surface area contributed by atoms with Crippen molar-refractivity contribution >= 4 is 38.3 Å². The van der Waals surface area contributed by atoms with E-state index in [1.807, 2.05) is 25.1 Å². The largest absolute Gasteiger partial charge is 0.368 e. The molecule has 2 N–H and O–H groups in total. The van der Waals surface area contributed by atoms with Gasteiger partial charge in [0.15, 0.2) is 5.13 Å². The zero-order valence-corrected chi connectivity index (χ0v) is 12.9. The summed E-state index contributed by atoms with van der Waals surface area (Å²) in [5, 5.41) is 7.43. The molecule has 4 rings (SSSR count). The van der Waals surface area contributed by atoms with Gasteiger partial charge >= 0.3 is 0 Å². The molecule has 0 radical (unpaired) electrons. The molecule has 0 aliphatic carbocycles. The summed E-state index contributed by atoms with van der Waals surface area (Å²) in [5.41, 5.74) is 3.28. The van der Waals surface area contributed by atoms with Crippen LogP contribution in [-0.2, 0) is 0 Å². The number of hydrogen-bond acceptors (Lipinski definition) is 6. The predicted octanol–water partition coefficient (Wildman–Crippen LogP) is 3.09. The van der Waals surface area contributed by atoms with Crippen LogP contribution >= 0.6 is 11.3 Å². The predicted molar refractivity (Wildman–Crippen MR) is 91.3 cm³/mol. The average Bonchev–Trinajstić information content (AvgIpc) is 3.15. The molecule has 2 aromatic heterocycles. The monoisotopic (exact) mass is 309 g/mol. The molecule has 0 atom stereocenters. The number of nitrogens with one attached hydrogen (secondary N) is 2. The Morgan fingerprint density at radius 1 is 1.23 bits per heavy atom. The Balaban J connectivity index is 1.65. The first-order chi connectivity index (χ1) is 10.8. The second kappa shape index (κ2) is 5.38. The molecule has 0 bridgehead atoms. The highest BCUT2D eigenvalue weighted by atomic mass is 32.1. The number of aliphatic imine (C=N–C) groups is 1. The molecule has 110 valence electrons. The first-order valence-electron chi connectivity index (χ1n) is 7.17. The summed E-state index contributed by atoms with van der Waals surface area (Å²) in [4.78, 5) is 13.4. The minimum Gasteiger partial charge on any atom is -0.368 e. The van der Waals surface area contributed by atoms with E-state index >= 15 is 0 Å². The zero-order chi connectivity index (χ0) is 14.9. The lowest BCUT2D eigenvalue weighted by atomic mass is 10.2. The van der Waals surface area contributed by atoms with Crippen molar-refractivity contribution in [1.82, 2.24) is 15.3 Å². The van der Waals surface area contributed by atoms with Gasteiger partial charge in [-0.2, -0.15) is 0 Å². The number of fused-ring (bicyclic) bond motifs is 1. The second-order valence-corrected chi connectivity index (χ2v) is 6.23. The lowest BCUT2D eigenvalue weighted by Crippen LogP contribution is -2.19. The Bertz CT molecular complexity index is 868. The molecule has 1 aliphatic rings. The van der Waals surface area contributed by atoms with Gasteiger partial charge in [0.25, 0.3) is 0 Å². The number of aryl methyl sites for hydroxylation is 1. The number of nitrogens with zero attached hydrogens (tertiary/aromatic N) is 3. The van der Waals surface area contributed by atoms with Crippen molar-refractivity contribution < 1.29 is 0 Å². The molecule has 0 spiro atoms. The third kappa shape index (κ3) is 2.53. The van der Waals surface area contributed by atoms with E-state index in [1.165, 1.54) is 5.56 Å². The number of amidine groups is 1. The standard InChI is InChI=1S/C16H15N5S/c1-10-4-5-17-14(8-10)21-16-20-12-3-2-11(9-13(12)22-16)15-18-6-7-19-15/h2-5,8-9H,6-7H2,1H3,(H,18,19)(H,17,20,21). The van der Waals surface area contributed by atoms with Gasteiger partial charge in [-0.15, -0.1) is 0 Å². The van der Waals surface area contributed by atoms with Gasteiger partial charge < -0.3 is 10.6 Å². The fourth-order valence-electron chi connectivity index (χ4n) is 2.43. The SMILES string of the molecule is Cc1ccnc(Nc2nc3ccc(C4=NCCN4)cc3s2)c1. The molecular weight excluding hydrogens is 294 g/mol. The van der Waals surface area contributed by atoms with Crippen molar-refractivity contribution in [2.75, 3.05) is 18.4 Å². The van der Waals surface area contributed by atoms with Crippen LogP contribution in [0.15, 0.2) is 41.5 Å². The molecule has 0 fully saturated rings. The van der Waals surface area contributed by atoms with Crippen LogP contribution in [0.5, 0.6) is 0 Å². The Morgan fingerprint density at radius 2 is 2.18 bits per heavy atom. The van der Waals surface area contributed by atoms with Crippen LogP contribution in [0, 0.1) is 6.92 Å². The van der Waals surface area contributed by atoms with Crippen molar-refractivity contribution in [2.45, 2.75) is 6.92 Å². The van der Waals surface area contributed by atoms with Crippen LogP contribution in [0.2, 0.25) is 0 Å². The third-order valence-corrected chi connectivity index (χ3v) is 4.42. The Morgan fingerprint density at radius 3 is 3.00 bits per heavy atom. The average molecular weight is 309 g/mol. The van der Waals surface area contributed by atoms with Crippen LogP contribution < -0.4 is 10.6 Å². The maximum Gasteiger partial charge on any atom is 0.189 e. The van der Waals surface area contributed by atoms with Crippen LogP contribution in [0.3, 0.4) is 0 Å². The van der Waals surface area contributed by atoms with Crippen LogP contribution in [0.1, 0.15) is 11.1 Å². The molecule has 1 aromatic carbocycles. The van der Waals surface area contributed by atoms with Gasteiger partial charge in [-0.25, -0.2) is 9.97 Å². The molecule has 0 unspecified atom stereocenters. The molecular formula is C16H15N5S. The molecule has 5 nitrogen and oxygen atoms in total. The van der Waals surface area contributed by atoms with Crippen LogP contribution in [0.4, 0.5) is 10.9 Å². The second-order valence-electron chi connectivity index (χ2n) is 5.20. The van der Waals surface area contributed by atoms with Gasteiger partial charge in [0.1, 0.15) is 11.7 Å². The summed E-state index contributed by atoms with van der Waals surface area (Å²) in [6.07, 6.45) is 1.80. The van der Waals surface area contributed by atoms with Gasteiger partial charge in [0.05, 0.1) is 16.8 Å². The summed E-state index contributed by atoms with van der Waals surface area (Å²) in [6.45, 7) is 3.82. The van der Waals surface area contributed by atoms with Gasteiger partial charge in [-0.1, -0.05) is 11.3 Å². The fraction of sp³-hybridized carbons (Fsp3) is 0.188. The first-order valence-corrected chi connectivity index (χ1v) is 7.98. The molecule has 3 heterocycles. The minimum atomic E-state index is 0.820. The van der Waals surface area contributed by atoms with E-state index in [1.54, 1.807) is 17.5 Å². The number of rotatable bonds is 3. The quantitative estimate of drug-likeness (QED) is 0.780. The number of thiazole rings is 1. The van der Waals surface area contributed by atoms with E-state index in [0.29, 0.717) is 0 Å². The molecule has 3 aromatic rings. The van der Waals surface area contributed by atoms with Gasteiger partial charge in [0, 0.05) is 18.3 Å². The number of hydrogen-bond donors (Lipinski definition) is 2. The highest BCUT2D eigenvalue weighted by Crippen LogP contribution is 2.29. The van der Waals surface area contributed by atoms with Crippen molar-refractivity contribution in [1.29, 1.82) is 0 Å². The molecule has 22 heavy (non-hydrogen) atoms. The van der Waals surface area contributed by atoms with E-state index in [-0.39, 0.29) is 0 Å². The Labute approximate surface area is 132 Å². The highest BCUT2D eigenvalue weighted by Gasteiger charge is 2.11. The Hall–Kier alpha value is -2.47. The number of pyridine rings is 1. The fourth-order valence-corrected chi connectivity index (χ4v) is 3.34. The zero-order valence-electron chi connectivity index (χ0n) is 12.1. The lowest BCUT2D eigenvalue weighted by Gasteiger charge is -2.01. The summed E-state index contributed by atoms with van der Waals surface area (Å²) in [6, 6.07) is 10.2. The maximum atomic E-state index is 4.61. The van der Waals surface area contributed by atoms with Gasteiger partial charge in [-0.05, 0) is 42.8 Å². The van der Waals surface area contributed by atoms with E-state index in [4.69, 9.17) is 0 Å². The first kappa shape index (κ1) is 13.2. The normalized spacial score (nSPS) is 14.0. The smallest absolute Gasteiger partial charge is 0.189 e. The van der Waals surface area contributed by atoms with Gasteiger partial charge in [-0.3, -0.25) is 4.99 Å². The maximum absolute atomic E-state index is 4.61. The topological polar surface area (TPSA) is 62.2 Å². The molecule has 1 aliphatic heterocycles. The number of benzene rings is 1. The van der Waals surface area contributed by atoms with Crippen LogP contribution in [0.25, 0.3) is 10.2 Å². The number of aromatic nitrogens is 2. The van der Waals surface area contributed by atoms with E-state index < -0.39 is 0 Å². The summed E-state index contributed by atoms with van der Waals surface area (Å²) < 4.78 is 1.14. The van der Waals surface area contributed by atoms with Crippen molar-refractivity contribution in [3.63, 3.8) is 0 Å². The van der Waals surface area contributed by atoms with Gasteiger partial charge in [0.2, 0.25) is 0 Å². The summed E-state index contributed by atoms with van der Waals surface area (Å²) in [5.74, 6) is 1.80. The third-order valence-electron chi connectivity index (χ3n) is 3.49. The molecule has 0 saturated carbocycles. The van der Waals surface area contributed by atoms with E-state index in [0.717, 1.165) is 45.7 Å². The van der Waals surface area contributed by atoms with Crippen molar-refractivity contribution in [3.8, 4) is 0 Å². The molecule has 0 saturated heterocycles. The van der Waals surface area contributed by atoms with Crippen molar-refractivity contribution in [2.24, 2.45) is 4.99 Å². The van der Waals surface area contributed by atoms with E-state index in [2.05, 4.69) is 37.7 Å². The van der Waals surface area contributed by atoms with E-state index in [9.17, 15) is 0 Å².